The Morgan fingerprint density at radius 2 is 1.93 bits per heavy atom. The van der Waals surface area contributed by atoms with Crippen molar-refractivity contribution in [3.8, 4) is 0 Å². The Kier molecular flexibility index (Phi) is 5.69. The number of unbranched alkanes of at least 4 members (excludes halogenated alkanes) is 4. The number of nitrogens with zero attached hydrogens (tertiary/aromatic N) is 1. The van der Waals surface area contributed by atoms with Gasteiger partial charge in [0.2, 0.25) is 5.91 Å². The second-order valence-corrected chi connectivity index (χ2v) is 4.48. The summed E-state index contributed by atoms with van der Waals surface area (Å²) in [5.74, 6) is 0.318. The van der Waals surface area contributed by atoms with Crippen molar-refractivity contribution in [2.24, 2.45) is 0 Å². The van der Waals surface area contributed by atoms with Gasteiger partial charge in [-0.3, -0.25) is 4.79 Å². The van der Waals surface area contributed by atoms with Crippen LogP contribution in [0.5, 0.6) is 0 Å². The summed E-state index contributed by atoms with van der Waals surface area (Å²) in [5.41, 5.74) is 0. The molecule has 1 rings (SSSR count). The highest BCUT2D eigenvalue weighted by atomic mass is 16.2. The van der Waals surface area contributed by atoms with Crippen molar-refractivity contribution in [2.75, 3.05) is 20.1 Å². The van der Waals surface area contributed by atoms with Gasteiger partial charge in [0, 0.05) is 26.6 Å². The van der Waals surface area contributed by atoms with Crippen molar-refractivity contribution < 1.29 is 4.79 Å². The molecule has 0 radical (unpaired) electrons. The minimum absolute atomic E-state index is 0.318. The van der Waals surface area contributed by atoms with Gasteiger partial charge >= 0.3 is 0 Å². The lowest BCUT2D eigenvalue weighted by atomic mass is 10.1. The molecule has 1 aliphatic heterocycles. The number of hydrogen-bond acceptors (Lipinski definition) is 2. The molecule has 88 valence electrons. The predicted molar refractivity (Wildman–Crippen MR) is 62.8 cm³/mol. The first kappa shape index (κ1) is 12.5. The van der Waals surface area contributed by atoms with Crippen molar-refractivity contribution in [1.82, 2.24) is 10.2 Å². The molecule has 0 spiro atoms. The number of likely N-dealkylation sites (N-methyl/N-ethyl adjacent to an activating group) is 1. The van der Waals surface area contributed by atoms with Gasteiger partial charge < -0.3 is 10.2 Å². The second kappa shape index (κ2) is 6.83. The van der Waals surface area contributed by atoms with E-state index in [4.69, 9.17) is 0 Å². The smallest absolute Gasteiger partial charge is 0.222 e. The van der Waals surface area contributed by atoms with Crippen LogP contribution in [0.1, 0.15) is 45.4 Å². The van der Waals surface area contributed by atoms with Crippen LogP contribution in [0.2, 0.25) is 0 Å². The number of nitrogens with one attached hydrogen (secondary N) is 1. The van der Waals surface area contributed by atoms with Gasteiger partial charge in [0.1, 0.15) is 0 Å². The Morgan fingerprint density at radius 1 is 1.27 bits per heavy atom. The van der Waals surface area contributed by atoms with Crippen LogP contribution in [-0.2, 0) is 4.79 Å². The SMILES string of the molecule is CCCCCCCC(=O)N(C)C1CNC1. The van der Waals surface area contributed by atoms with E-state index in [-0.39, 0.29) is 0 Å². The van der Waals surface area contributed by atoms with E-state index >= 15 is 0 Å². The first-order valence-corrected chi connectivity index (χ1v) is 6.22. The largest absolute Gasteiger partial charge is 0.340 e. The highest BCUT2D eigenvalue weighted by Crippen LogP contribution is 2.09. The molecule has 0 aromatic carbocycles. The Hall–Kier alpha value is -0.570. The average Bonchev–Trinajstić information content (AvgIpc) is 2.14. The zero-order valence-corrected chi connectivity index (χ0v) is 10.1. The zero-order valence-electron chi connectivity index (χ0n) is 10.1. The van der Waals surface area contributed by atoms with Crippen LogP contribution in [0, 0.1) is 0 Å². The third-order valence-electron chi connectivity index (χ3n) is 3.20. The highest BCUT2D eigenvalue weighted by molar-refractivity contribution is 5.76. The van der Waals surface area contributed by atoms with Crippen LogP contribution in [0.15, 0.2) is 0 Å². The normalized spacial score (nSPS) is 16.1. The minimum Gasteiger partial charge on any atom is -0.340 e. The third kappa shape index (κ3) is 4.20. The fourth-order valence-corrected chi connectivity index (χ4v) is 1.81. The summed E-state index contributed by atoms with van der Waals surface area (Å²) in [6, 6.07) is 0.452. The summed E-state index contributed by atoms with van der Waals surface area (Å²) in [6.07, 6.45) is 6.84. The Balaban J connectivity index is 2.02. The van der Waals surface area contributed by atoms with E-state index in [0.29, 0.717) is 11.9 Å². The van der Waals surface area contributed by atoms with Gasteiger partial charge in [-0.2, -0.15) is 0 Å². The van der Waals surface area contributed by atoms with Gasteiger partial charge in [0.15, 0.2) is 0 Å². The molecule has 1 saturated heterocycles. The predicted octanol–water partition coefficient (Wildman–Crippen LogP) is 1.78. The van der Waals surface area contributed by atoms with Crippen LogP contribution in [-0.4, -0.2) is 37.0 Å². The van der Waals surface area contributed by atoms with Gasteiger partial charge in [-0.05, 0) is 6.42 Å². The minimum atomic E-state index is 0.318. The maximum atomic E-state index is 11.7. The summed E-state index contributed by atoms with van der Waals surface area (Å²) in [6.45, 7) is 4.15. The molecule has 0 aromatic rings. The first-order chi connectivity index (χ1) is 7.25. The van der Waals surface area contributed by atoms with Crippen molar-refractivity contribution in [3.63, 3.8) is 0 Å². The Morgan fingerprint density at radius 3 is 2.47 bits per heavy atom. The van der Waals surface area contributed by atoms with Gasteiger partial charge in [0.25, 0.3) is 0 Å². The van der Waals surface area contributed by atoms with Crippen LogP contribution in [0.25, 0.3) is 0 Å². The lowest BCUT2D eigenvalue weighted by Gasteiger charge is -2.35. The summed E-state index contributed by atoms with van der Waals surface area (Å²) >= 11 is 0. The van der Waals surface area contributed by atoms with Crippen molar-refractivity contribution >= 4 is 5.91 Å². The number of carbonyl (C=O) groups excluding carboxylic acids is 1. The monoisotopic (exact) mass is 212 g/mol. The zero-order chi connectivity index (χ0) is 11.1. The number of hydrogen-bond donors (Lipinski definition) is 1. The Bertz CT molecular complexity index is 190. The molecular weight excluding hydrogens is 188 g/mol. The molecule has 0 aromatic heterocycles. The summed E-state index contributed by atoms with van der Waals surface area (Å²) < 4.78 is 0. The van der Waals surface area contributed by atoms with Crippen LogP contribution >= 0.6 is 0 Å². The second-order valence-electron chi connectivity index (χ2n) is 4.48. The number of rotatable bonds is 7. The maximum Gasteiger partial charge on any atom is 0.222 e. The number of amides is 1. The third-order valence-corrected chi connectivity index (χ3v) is 3.20. The highest BCUT2D eigenvalue weighted by Gasteiger charge is 2.24. The van der Waals surface area contributed by atoms with Crippen LogP contribution < -0.4 is 5.32 Å². The van der Waals surface area contributed by atoms with Gasteiger partial charge in [-0.25, -0.2) is 0 Å². The molecule has 1 fully saturated rings. The molecular formula is C12H24N2O. The van der Waals surface area contributed by atoms with Gasteiger partial charge in [-0.15, -0.1) is 0 Å². The summed E-state index contributed by atoms with van der Waals surface area (Å²) in [5, 5.41) is 3.19. The van der Waals surface area contributed by atoms with E-state index < -0.39 is 0 Å². The van der Waals surface area contributed by atoms with Crippen molar-refractivity contribution in [3.05, 3.63) is 0 Å². The van der Waals surface area contributed by atoms with Crippen LogP contribution in [0.4, 0.5) is 0 Å². The molecule has 0 atom stereocenters. The van der Waals surface area contributed by atoms with E-state index in [2.05, 4.69) is 12.2 Å². The maximum absolute atomic E-state index is 11.7. The van der Waals surface area contributed by atoms with E-state index in [1.807, 2.05) is 11.9 Å². The number of carbonyl (C=O) groups is 1. The first-order valence-electron chi connectivity index (χ1n) is 6.22. The quantitative estimate of drug-likeness (QED) is 0.652. The molecule has 1 aliphatic rings. The lowest BCUT2D eigenvalue weighted by molar-refractivity contribution is -0.133. The standard InChI is InChI=1S/C12H24N2O/c1-3-4-5-6-7-8-12(15)14(2)11-9-13-10-11/h11,13H,3-10H2,1-2H3. The van der Waals surface area contributed by atoms with E-state index in [1.165, 1.54) is 25.7 Å². The molecule has 0 saturated carbocycles. The molecule has 1 N–H and O–H groups in total. The Labute approximate surface area is 93.2 Å². The molecule has 0 unspecified atom stereocenters. The van der Waals surface area contributed by atoms with Crippen LogP contribution in [0.3, 0.4) is 0 Å². The van der Waals surface area contributed by atoms with Crippen molar-refractivity contribution in [1.29, 1.82) is 0 Å². The summed E-state index contributed by atoms with van der Waals surface area (Å²) in [7, 11) is 1.93. The fourth-order valence-electron chi connectivity index (χ4n) is 1.81. The average molecular weight is 212 g/mol. The molecule has 3 heteroatoms. The molecule has 1 amide bonds. The molecule has 0 aliphatic carbocycles. The summed E-state index contributed by atoms with van der Waals surface area (Å²) in [4.78, 5) is 13.6. The molecule has 0 bridgehead atoms. The lowest BCUT2D eigenvalue weighted by Crippen LogP contribution is -2.57. The van der Waals surface area contributed by atoms with E-state index in [0.717, 1.165) is 25.9 Å². The topological polar surface area (TPSA) is 32.3 Å². The molecule has 3 nitrogen and oxygen atoms in total. The van der Waals surface area contributed by atoms with Crippen molar-refractivity contribution in [2.45, 2.75) is 51.5 Å². The van der Waals surface area contributed by atoms with E-state index in [9.17, 15) is 4.79 Å². The molecule has 15 heavy (non-hydrogen) atoms. The van der Waals surface area contributed by atoms with Gasteiger partial charge in [0.05, 0.1) is 6.04 Å². The van der Waals surface area contributed by atoms with Gasteiger partial charge in [-0.1, -0.05) is 32.6 Å². The molecule has 1 heterocycles. The van der Waals surface area contributed by atoms with E-state index in [1.54, 1.807) is 0 Å². The fraction of sp³-hybridized carbons (Fsp3) is 0.917.